The maximum absolute atomic E-state index is 13.2. The Bertz CT molecular complexity index is 925. The third-order valence-corrected chi connectivity index (χ3v) is 7.46. The van der Waals surface area contributed by atoms with Gasteiger partial charge in [-0.15, -0.1) is 0 Å². The average Bonchev–Trinajstić information content (AvgIpc) is 3.23. The minimum absolute atomic E-state index is 0.0204. The number of benzene rings is 1. The molecule has 1 spiro atoms. The molecule has 6 heteroatoms. The van der Waals surface area contributed by atoms with E-state index in [-0.39, 0.29) is 35.8 Å². The van der Waals surface area contributed by atoms with Crippen LogP contribution in [0.25, 0.3) is 0 Å². The van der Waals surface area contributed by atoms with Gasteiger partial charge in [-0.3, -0.25) is 14.6 Å². The van der Waals surface area contributed by atoms with Gasteiger partial charge in [-0.25, -0.2) is 0 Å². The van der Waals surface area contributed by atoms with Crippen LogP contribution in [-0.2, 0) is 24.5 Å². The van der Waals surface area contributed by atoms with Crippen molar-refractivity contribution in [2.75, 3.05) is 14.2 Å². The summed E-state index contributed by atoms with van der Waals surface area (Å²) in [4.78, 5) is 24.5. The summed E-state index contributed by atoms with van der Waals surface area (Å²) in [6, 6.07) is 8.42. The highest BCUT2D eigenvalue weighted by Gasteiger charge is 2.78. The molecule has 2 saturated carbocycles. The van der Waals surface area contributed by atoms with E-state index in [9.17, 15) is 4.79 Å². The molecule has 3 saturated heterocycles. The van der Waals surface area contributed by atoms with Gasteiger partial charge in [-0.05, 0) is 30.9 Å². The number of piperidine rings is 2. The summed E-state index contributed by atoms with van der Waals surface area (Å²) in [5.41, 5.74) is 3.93. The lowest BCUT2D eigenvalue weighted by molar-refractivity contribution is -0.243. The predicted molar refractivity (Wildman–Crippen MR) is 97.4 cm³/mol. The first-order chi connectivity index (χ1) is 13.2. The number of methoxy groups -OCH3 is 2. The van der Waals surface area contributed by atoms with Gasteiger partial charge in [0.1, 0.15) is 0 Å². The molecule has 1 aromatic carbocycles. The second-order valence-corrected chi connectivity index (χ2v) is 8.07. The number of hydrogen-bond acceptors (Lipinski definition) is 6. The highest BCUT2D eigenvalue weighted by Crippen LogP contribution is 2.69. The number of carbonyl (C=O) groups is 1. The number of nitrogens with zero attached hydrogens (tertiary/aromatic N) is 2. The van der Waals surface area contributed by atoms with Crippen LogP contribution in [0.4, 0.5) is 5.69 Å². The summed E-state index contributed by atoms with van der Waals surface area (Å²) < 4.78 is 11.1. The van der Waals surface area contributed by atoms with Gasteiger partial charge in [0.15, 0.2) is 6.29 Å². The number of ether oxygens (including phenoxy) is 2. The summed E-state index contributed by atoms with van der Waals surface area (Å²) in [6.07, 6.45) is 2.59. The fourth-order valence-corrected chi connectivity index (χ4v) is 6.79. The lowest BCUT2D eigenvalue weighted by Gasteiger charge is -2.63. The molecule has 4 aliphatic heterocycles. The van der Waals surface area contributed by atoms with Gasteiger partial charge in [-0.1, -0.05) is 29.8 Å². The Morgan fingerprint density at radius 2 is 2.19 bits per heavy atom. The van der Waals surface area contributed by atoms with Crippen LogP contribution in [0.3, 0.4) is 0 Å². The molecule has 8 atom stereocenters. The Morgan fingerprint density at radius 3 is 2.93 bits per heavy atom. The maximum Gasteiger partial charge on any atom is 0.310 e. The van der Waals surface area contributed by atoms with Gasteiger partial charge < -0.3 is 9.47 Å². The van der Waals surface area contributed by atoms with Crippen molar-refractivity contribution in [3.05, 3.63) is 41.5 Å². The van der Waals surface area contributed by atoms with E-state index in [0.29, 0.717) is 0 Å². The first-order valence-corrected chi connectivity index (χ1v) is 9.58. The lowest BCUT2D eigenvalue weighted by atomic mass is 9.42. The first kappa shape index (κ1) is 16.0. The molecule has 6 bridgehead atoms. The zero-order valence-electron chi connectivity index (χ0n) is 15.6. The van der Waals surface area contributed by atoms with E-state index in [4.69, 9.17) is 19.3 Å². The average molecular weight is 366 g/mol. The van der Waals surface area contributed by atoms with Crippen molar-refractivity contribution in [1.29, 1.82) is 0 Å². The Labute approximate surface area is 157 Å². The van der Waals surface area contributed by atoms with Crippen molar-refractivity contribution in [1.82, 2.24) is 5.06 Å². The third kappa shape index (κ3) is 1.53. The summed E-state index contributed by atoms with van der Waals surface area (Å²) in [5.74, 6) is -0.326. The molecule has 0 aromatic heterocycles. The Kier molecular flexibility index (Phi) is 3.00. The van der Waals surface area contributed by atoms with Gasteiger partial charge in [0.25, 0.3) is 0 Å². The maximum atomic E-state index is 13.2. The van der Waals surface area contributed by atoms with Crippen molar-refractivity contribution in [3.63, 3.8) is 0 Å². The Balaban J connectivity index is 1.70. The topological polar surface area (TPSA) is 60.4 Å². The van der Waals surface area contributed by atoms with E-state index in [0.717, 1.165) is 23.4 Å². The van der Waals surface area contributed by atoms with Crippen LogP contribution in [0.5, 0.6) is 0 Å². The summed E-state index contributed by atoms with van der Waals surface area (Å²) in [7, 11) is 3.17. The molecule has 1 aromatic rings. The van der Waals surface area contributed by atoms with Gasteiger partial charge >= 0.3 is 5.97 Å². The van der Waals surface area contributed by atoms with E-state index >= 15 is 0 Å². The number of fused-ring (bicyclic) bond motifs is 1. The Hall–Kier alpha value is -2.02. The quantitative estimate of drug-likeness (QED) is 0.594. The molecule has 4 heterocycles. The molecule has 140 valence electrons. The zero-order chi connectivity index (χ0) is 18.5. The van der Waals surface area contributed by atoms with Gasteiger partial charge in [0.05, 0.1) is 41.9 Å². The standard InChI is InChI=1S/C21H22N2O4/c1-4-10-11-9-14-18-21(15(11)19(24)25-2,12-7-5-6-8-13(12)22-18)16-17(10)23(14)27-20(16)26-3/h4-8,11,14-17,20H,9H2,1-3H3/b10-4+. The van der Waals surface area contributed by atoms with Crippen molar-refractivity contribution < 1.29 is 19.1 Å². The fourth-order valence-electron chi connectivity index (χ4n) is 6.79. The van der Waals surface area contributed by atoms with Crippen LogP contribution in [0, 0.1) is 17.8 Å². The lowest BCUT2D eigenvalue weighted by Crippen LogP contribution is -2.75. The molecule has 7 rings (SSSR count). The van der Waals surface area contributed by atoms with Crippen LogP contribution in [0.15, 0.2) is 40.9 Å². The summed E-state index contributed by atoms with van der Waals surface area (Å²) >= 11 is 0. The van der Waals surface area contributed by atoms with E-state index in [2.05, 4.69) is 24.1 Å². The molecule has 0 N–H and O–H groups in total. The minimum Gasteiger partial charge on any atom is -0.469 e. The highest BCUT2D eigenvalue weighted by atomic mass is 16.8. The molecule has 6 aliphatic rings. The van der Waals surface area contributed by atoms with Crippen LogP contribution in [-0.4, -0.2) is 49.3 Å². The number of carbonyl (C=O) groups excluding carboxylic acids is 1. The van der Waals surface area contributed by atoms with Crippen molar-refractivity contribution in [2.45, 2.75) is 37.1 Å². The second-order valence-electron chi connectivity index (χ2n) is 8.07. The van der Waals surface area contributed by atoms with Crippen LogP contribution in [0.1, 0.15) is 18.9 Å². The highest BCUT2D eigenvalue weighted by molar-refractivity contribution is 6.10. The van der Waals surface area contributed by atoms with Crippen molar-refractivity contribution in [3.8, 4) is 0 Å². The molecule has 6 nitrogen and oxygen atoms in total. The SMILES string of the molecule is C/C=C1\C2CC3C4=Nc5ccccc5C4(C2C(=O)OC)C2C(OC)ON3C12. The third-order valence-electron chi connectivity index (χ3n) is 7.46. The normalized spacial score (nSPS) is 46.4. The fraction of sp³-hybridized carbons (Fsp3) is 0.524. The van der Waals surface area contributed by atoms with Crippen molar-refractivity contribution in [2.24, 2.45) is 22.7 Å². The number of hydrogen-bond donors (Lipinski definition) is 0. The van der Waals surface area contributed by atoms with E-state index in [1.807, 2.05) is 18.2 Å². The summed E-state index contributed by atoms with van der Waals surface area (Å²) in [6.45, 7) is 2.06. The number of esters is 1. The van der Waals surface area contributed by atoms with Crippen LogP contribution < -0.4 is 0 Å². The van der Waals surface area contributed by atoms with E-state index in [1.54, 1.807) is 7.11 Å². The molecule has 8 unspecified atom stereocenters. The molecule has 5 fully saturated rings. The van der Waals surface area contributed by atoms with Gasteiger partial charge in [0, 0.05) is 13.0 Å². The molecule has 0 radical (unpaired) electrons. The molecule has 2 aliphatic carbocycles. The number of allylic oxidation sites excluding steroid dienone is 1. The Morgan fingerprint density at radius 1 is 1.37 bits per heavy atom. The van der Waals surface area contributed by atoms with Gasteiger partial charge in [-0.2, -0.15) is 5.06 Å². The molecule has 27 heavy (non-hydrogen) atoms. The second kappa shape index (κ2) is 5.07. The van der Waals surface area contributed by atoms with Crippen molar-refractivity contribution >= 4 is 17.4 Å². The summed E-state index contributed by atoms with van der Waals surface area (Å²) in [5, 5.41) is 2.10. The first-order valence-electron chi connectivity index (χ1n) is 9.58. The zero-order valence-corrected chi connectivity index (χ0v) is 15.6. The molecule has 0 amide bonds. The number of rotatable bonds is 2. The van der Waals surface area contributed by atoms with E-state index in [1.165, 1.54) is 12.7 Å². The van der Waals surface area contributed by atoms with Crippen LogP contribution in [0.2, 0.25) is 0 Å². The number of hydroxylamine groups is 2. The van der Waals surface area contributed by atoms with Gasteiger partial charge in [0.2, 0.25) is 0 Å². The van der Waals surface area contributed by atoms with Crippen LogP contribution >= 0.6 is 0 Å². The predicted octanol–water partition coefficient (Wildman–Crippen LogP) is 2.37. The number of aliphatic imine (C=N–C) groups is 1. The number of para-hydroxylation sites is 1. The minimum atomic E-state index is -0.512. The van der Waals surface area contributed by atoms with E-state index < -0.39 is 11.7 Å². The largest absolute Gasteiger partial charge is 0.469 e. The smallest absolute Gasteiger partial charge is 0.310 e. The molecular formula is C21H22N2O4. The molecular weight excluding hydrogens is 344 g/mol. The monoisotopic (exact) mass is 366 g/mol.